The van der Waals surface area contributed by atoms with Crippen LogP contribution >= 0.6 is 0 Å². The lowest BCUT2D eigenvalue weighted by Gasteiger charge is -2.14. The predicted molar refractivity (Wildman–Crippen MR) is 120 cm³/mol. The zero-order valence-electron chi connectivity index (χ0n) is 17.6. The van der Waals surface area contributed by atoms with Crippen molar-refractivity contribution in [2.75, 3.05) is 20.3 Å². The van der Waals surface area contributed by atoms with E-state index in [2.05, 4.69) is 51.1 Å². The van der Waals surface area contributed by atoms with Gasteiger partial charge in [0.2, 0.25) is 0 Å². The van der Waals surface area contributed by atoms with E-state index in [0.29, 0.717) is 24.1 Å². The van der Waals surface area contributed by atoms with Gasteiger partial charge >= 0.3 is 12.1 Å². The van der Waals surface area contributed by atoms with Crippen molar-refractivity contribution in [3.05, 3.63) is 89.2 Å². The number of alkyl carbamates (subject to hydrolysis) is 1. The Kier molecular flexibility index (Phi) is 6.47. The fraction of sp³-hybridized carbons (Fsp3) is 0.192. The van der Waals surface area contributed by atoms with Crippen LogP contribution in [0.25, 0.3) is 11.1 Å². The molecule has 0 fully saturated rings. The largest absolute Gasteiger partial charge is 0.465 e. The minimum absolute atomic E-state index is 0.0301. The number of rotatable bonds is 5. The summed E-state index contributed by atoms with van der Waals surface area (Å²) in [7, 11) is 1.32. The second-order valence-corrected chi connectivity index (χ2v) is 7.26. The summed E-state index contributed by atoms with van der Waals surface area (Å²) >= 11 is 0. The molecule has 1 N–H and O–H groups in total. The van der Waals surface area contributed by atoms with Crippen LogP contribution in [-0.2, 0) is 9.47 Å². The molecule has 0 atom stereocenters. The smallest absolute Gasteiger partial charge is 0.407 e. The van der Waals surface area contributed by atoms with Gasteiger partial charge in [-0.2, -0.15) is 0 Å². The van der Waals surface area contributed by atoms with Crippen LogP contribution in [0, 0.1) is 11.8 Å². The molecule has 0 bridgehead atoms. The number of fused-ring (bicyclic) bond motifs is 3. The highest BCUT2D eigenvalue weighted by atomic mass is 16.5. The highest BCUT2D eigenvalue weighted by Crippen LogP contribution is 2.44. The third-order valence-electron chi connectivity index (χ3n) is 5.26. The maximum absolute atomic E-state index is 12.2. The maximum atomic E-state index is 12.2. The molecule has 2 aromatic carbocycles. The molecule has 1 aliphatic carbocycles. The minimum atomic E-state index is -0.469. The van der Waals surface area contributed by atoms with Crippen LogP contribution in [0.2, 0.25) is 0 Å². The van der Waals surface area contributed by atoms with Gasteiger partial charge < -0.3 is 14.8 Å². The molecule has 6 nitrogen and oxygen atoms in total. The zero-order chi connectivity index (χ0) is 22.3. The maximum Gasteiger partial charge on any atom is 0.407 e. The summed E-state index contributed by atoms with van der Waals surface area (Å²) in [4.78, 5) is 27.7. The summed E-state index contributed by atoms with van der Waals surface area (Å²) in [6, 6.07) is 18.0. The van der Waals surface area contributed by atoms with Crippen molar-refractivity contribution in [1.29, 1.82) is 0 Å². The van der Waals surface area contributed by atoms with Crippen LogP contribution in [-0.4, -0.2) is 37.3 Å². The number of nitrogens with zero attached hydrogens (tertiary/aromatic N) is 1. The molecule has 0 radical (unpaired) electrons. The van der Waals surface area contributed by atoms with Crippen LogP contribution in [0.4, 0.5) is 4.79 Å². The van der Waals surface area contributed by atoms with E-state index < -0.39 is 12.1 Å². The highest BCUT2D eigenvalue weighted by Gasteiger charge is 2.28. The Hall–Kier alpha value is -4.11. The number of methoxy groups -OCH3 is 1. The monoisotopic (exact) mass is 426 g/mol. The number of esters is 1. The number of benzene rings is 2. The van der Waals surface area contributed by atoms with E-state index in [9.17, 15) is 9.59 Å². The first-order chi connectivity index (χ1) is 15.7. The first-order valence-corrected chi connectivity index (χ1v) is 10.3. The highest BCUT2D eigenvalue weighted by molar-refractivity contribution is 5.89. The summed E-state index contributed by atoms with van der Waals surface area (Å²) in [5, 5.41) is 2.73. The fourth-order valence-electron chi connectivity index (χ4n) is 3.78. The molecule has 0 saturated carbocycles. The van der Waals surface area contributed by atoms with E-state index in [-0.39, 0.29) is 12.5 Å². The standard InChI is InChI=1S/C26H22N2O4/c1-31-25(29)19-14-18(15-27-16-19)8-6-7-13-28-26(30)32-17-24-22-11-4-2-9-20(22)21-10-3-5-12-23(21)24/h2-5,9-12,14-16,24H,7,13,17H2,1H3,(H,28,30). The van der Waals surface area contributed by atoms with Gasteiger partial charge in [0, 0.05) is 36.8 Å². The van der Waals surface area contributed by atoms with E-state index in [1.165, 1.54) is 35.6 Å². The van der Waals surface area contributed by atoms with Gasteiger partial charge in [-0.15, -0.1) is 0 Å². The molecule has 3 aromatic rings. The second-order valence-electron chi connectivity index (χ2n) is 7.26. The number of hydrogen-bond acceptors (Lipinski definition) is 5. The number of pyridine rings is 1. The van der Waals surface area contributed by atoms with Gasteiger partial charge in [0.25, 0.3) is 0 Å². The average molecular weight is 426 g/mol. The van der Waals surface area contributed by atoms with Gasteiger partial charge in [-0.05, 0) is 28.3 Å². The van der Waals surface area contributed by atoms with Crippen molar-refractivity contribution in [2.45, 2.75) is 12.3 Å². The van der Waals surface area contributed by atoms with Crippen molar-refractivity contribution < 1.29 is 19.1 Å². The van der Waals surface area contributed by atoms with Crippen LogP contribution in [0.15, 0.2) is 67.0 Å². The average Bonchev–Trinajstić information content (AvgIpc) is 3.16. The lowest BCUT2D eigenvalue weighted by molar-refractivity contribution is 0.0600. The Balaban J connectivity index is 1.27. The summed E-state index contributed by atoms with van der Waals surface area (Å²) in [5.74, 6) is 5.45. The van der Waals surface area contributed by atoms with E-state index in [0.717, 1.165) is 0 Å². The molecule has 1 heterocycles. The SMILES string of the molecule is COC(=O)c1cncc(C#CCCNC(=O)OCC2c3ccccc3-c3ccccc32)c1. The third kappa shape index (κ3) is 4.62. The molecule has 1 aromatic heterocycles. The second kappa shape index (κ2) is 9.80. The first kappa shape index (κ1) is 21.1. The van der Waals surface area contributed by atoms with Crippen molar-refractivity contribution >= 4 is 12.1 Å². The van der Waals surface area contributed by atoms with E-state index >= 15 is 0 Å². The van der Waals surface area contributed by atoms with Gasteiger partial charge in [-0.25, -0.2) is 9.59 Å². The number of amides is 1. The summed E-state index contributed by atoms with van der Waals surface area (Å²) < 4.78 is 10.2. The first-order valence-electron chi connectivity index (χ1n) is 10.3. The quantitative estimate of drug-likeness (QED) is 0.377. The van der Waals surface area contributed by atoms with Gasteiger partial charge in [0.1, 0.15) is 6.61 Å². The van der Waals surface area contributed by atoms with Crippen molar-refractivity contribution in [3.63, 3.8) is 0 Å². The molecule has 160 valence electrons. The van der Waals surface area contributed by atoms with E-state index in [1.54, 1.807) is 12.3 Å². The van der Waals surface area contributed by atoms with Crippen LogP contribution < -0.4 is 5.32 Å². The number of ether oxygens (including phenoxy) is 2. The van der Waals surface area contributed by atoms with Gasteiger partial charge in [0.15, 0.2) is 0 Å². The number of carbonyl (C=O) groups is 2. The predicted octanol–water partition coefficient (Wildman–Crippen LogP) is 4.15. The van der Waals surface area contributed by atoms with Crippen LogP contribution in [0.1, 0.15) is 39.4 Å². The number of hydrogen-bond donors (Lipinski definition) is 1. The Labute approximate surface area is 186 Å². The Morgan fingerprint density at radius 1 is 1.03 bits per heavy atom. The molecule has 1 aliphatic rings. The molecular formula is C26H22N2O4. The third-order valence-corrected chi connectivity index (χ3v) is 5.26. The Morgan fingerprint density at radius 3 is 2.41 bits per heavy atom. The molecule has 0 unspecified atom stereocenters. The Morgan fingerprint density at radius 2 is 1.72 bits per heavy atom. The van der Waals surface area contributed by atoms with Crippen LogP contribution in [0.3, 0.4) is 0 Å². The summed E-state index contributed by atoms with van der Waals surface area (Å²) in [5.41, 5.74) is 5.69. The molecule has 1 amide bonds. The topological polar surface area (TPSA) is 77.5 Å². The fourth-order valence-corrected chi connectivity index (χ4v) is 3.78. The Bertz CT molecular complexity index is 1160. The molecule has 0 aliphatic heterocycles. The molecule has 0 spiro atoms. The van der Waals surface area contributed by atoms with Gasteiger partial charge in [-0.3, -0.25) is 4.98 Å². The van der Waals surface area contributed by atoms with Crippen LogP contribution in [0.5, 0.6) is 0 Å². The lowest BCUT2D eigenvalue weighted by Crippen LogP contribution is -2.26. The minimum Gasteiger partial charge on any atom is -0.465 e. The zero-order valence-corrected chi connectivity index (χ0v) is 17.6. The van der Waals surface area contributed by atoms with E-state index in [1.807, 2.05) is 24.3 Å². The molecular weight excluding hydrogens is 404 g/mol. The lowest BCUT2D eigenvalue weighted by atomic mass is 9.98. The summed E-state index contributed by atoms with van der Waals surface area (Å²) in [6.45, 7) is 0.630. The van der Waals surface area contributed by atoms with Crippen molar-refractivity contribution in [1.82, 2.24) is 10.3 Å². The number of aromatic nitrogens is 1. The van der Waals surface area contributed by atoms with Gasteiger partial charge in [0.05, 0.1) is 12.7 Å². The molecule has 4 rings (SSSR count). The van der Waals surface area contributed by atoms with E-state index in [4.69, 9.17) is 4.74 Å². The van der Waals surface area contributed by atoms with Gasteiger partial charge in [-0.1, -0.05) is 60.4 Å². The van der Waals surface area contributed by atoms with Crippen molar-refractivity contribution in [3.8, 4) is 23.0 Å². The molecule has 0 saturated heterocycles. The number of carbonyl (C=O) groups excluding carboxylic acids is 2. The summed E-state index contributed by atoms with van der Waals surface area (Å²) in [6.07, 6.45) is 2.96. The molecule has 6 heteroatoms. The van der Waals surface area contributed by atoms with Crippen molar-refractivity contribution in [2.24, 2.45) is 0 Å². The number of nitrogens with one attached hydrogen (secondary N) is 1. The normalized spacial score (nSPS) is 11.5. The molecule has 32 heavy (non-hydrogen) atoms.